The number of carboxylic acids is 1. The SMILES string of the molecule is CC1CCN(C(=O)Cc2ccc(F)cc2)C1(COCc1ccccc1)C(=O)O. The Balaban J connectivity index is 1.75. The number of halogens is 1. The molecule has 1 fully saturated rings. The number of ether oxygens (including phenoxy) is 1. The van der Waals surface area contributed by atoms with Gasteiger partial charge in [0.25, 0.3) is 0 Å². The van der Waals surface area contributed by atoms with Crippen molar-refractivity contribution in [2.24, 2.45) is 5.92 Å². The molecule has 0 radical (unpaired) electrons. The van der Waals surface area contributed by atoms with E-state index in [0.717, 1.165) is 5.56 Å². The van der Waals surface area contributed by atoms with Crippen molar-refractivity contribution < 1.29 is 23.8 Å². The molecule has 1 aliphatic heterocycles. The fourth-order valence-corrected chi connectivity index (χ4v) is 3.75. The van der Waals surface area contributed by atoms with E-state index < -0.39 is 11.5 Å². The second-order valence-corrected chi connectivity index (χ2v) is 7.25. The maximum absolute atomic E-state index is 13.1. The minimum absolute atomic E-state index is 0.0285. The van der Waals surface area contributed by atoms with E-state index in [1.54, 1.807) is 12.1 Å². The van der Waals surface area contributed by atoms with Crippen LogP contribution in [0.1, 0.15) is 24.5 Å². The Kier molecular flexibility index (Phi) is 6.09. The number of amides is 1. The monoisotopic (exact) mass is 385 g/mol. The number of hydrogen-bond donors (Lipinski definition) is 1. The fraction of sp³-hybridized carbons (Fsp3) is 0.364. The van der Waals surface area contributed by atoms with Gasteiger partial charge in [-0.05, 0) is 35.6 Å². The third kappa shape index (κ3) is 4.07. The molecular weight excluding hydrogens is 361 g/mol. The van der Waals surface area contributed by atoms with Crippen LogP contribution >= 0.6 is 0 Å². The Morgan fingerprint density at radius 2 is 1.82 bits per heavy atom. The van der Waals surface area contributed by atoms with Crippen molar-refractivity contribution >= 4 is 11.9 Å². The average Bonchev–Trinajstić information content (AvgIpc) is 3.02. The highest BCUT2D eigenvalue weighted by Crippen LogP contribution is 2.36. The van der Waals surface area contributed by atoms with Gasteiger partial charge in [-0.25, -0.2) is 9.18 Å². The van der Waals surface area contributed by atoms with Crippen LogP contribution in [0.25, 0.3) is 0 Å². The van der Waals surface area contributed by atoms with E-state index in [4.69, 9.17) is 4.74 Å². The second-order valence-electron chi connectivity index (χ2n) is 7.25. The van der Waals surface area contributed by atoms with Crippen LogP contribution in [0.5, 0.6) is 0 Å². The Hall–Kier alpha value is -2.73. The lowest BCUT2D eigenvalue weighted by atomic mass is 9.86. The van der Waals surface area contributed by atoms with Gasteiger partial charge in [-0.1, -0.05) is 49.4 Å². The quantitative estimate of drug-likeness (QED) is 0.794. The summed E-state index contributed by atoms with van der Waals surface area (Å²) in [6, 6.07) is 15.2. The molecule has 0 aromatic heterocycles. The molecule has 0 aliphatic carbocycles. The zero-order valence-corrected chi connectivity index (χ0v) is 15.8. The normalized spacial score (nSPS) is 21.6. The number of likely N-dealkylation sites (tertiary alicyclic amines) is 1. The Morgan fingerprint density at radius 3 is 2.46 bits per heavy atom. The first-order valence-corrected chi connectivity index (χ1v) is 9.33. The zero-order chi connectivity index (χ0) is 20.1. The van der Waals surface area contributed by atoms with Gasteiger partial charge in [-0.3, -0.25) is 4.79 Å². The predicted molar refractivity (Wildman–Crippen MR) is 102 cm³/mol. The molecule has 1 N–H and O–H groups in total. The number of rotatable bonds is 7. The van der Waals surface area contributed by atoms with Gasteiger partial charge in [0.15, 0.2) is 5.54 Å². The summed E-state index contributed by atoms with van der Waals surface area (Å²) < 4.78 is 18.9. The molecule has 2 unspecified atom stereocenters. The molecule has 0 spiro atoms. The van der Waals surface area contributed by atoms with Gasteiger partial charge in [-0.15, -0.1) is 0 Å². The predicted octanol–water partition coefficient (Wildman–Crippen LogP) is 3.28. The molecule has 0 saturated carbocycles. The van der Waals surface area contributed by atoms with Gasteiger partial charge in [0.1, 0.15) is 5.82 Å². The summed E-state index contributed by atoms with van der Waals surface area (Å²) in [7, 11) is 0. The summed E-state index contributed by atoms with van der Waals surface area (Å²) >= 11 is 0. The Labute approximate surface area is 163 Å². The molecule has 1 saturated heterocycles. The average molecular weight is 385 g/mol. The number of nitrogens with zero attached hydrogens (tertiary/aromatic N) is 1. The Morgan fingerprint density at radius 1 is 1.14 bits per heavy atom. The lowest BCUT2D eigenvalue weighted by molar-refractivity contribution is -0.164. The topological polar surface area (TPSA) is 66.8 Å². The van der Waals surface area contributed by atoms with Crippen molar-refractivity contribution in [1.29, 1.82) is 0 Å². The van der Waals surface area contributed by atoms with Gasteiger partial charge in [-0.2, -0.15) is 0 Å². The van der Waals surface area contributed by atoms with Crippen LogP contribution in [-0.4, -0.2) is 40.6 Å². The van der Waals surface area contributed by atoms with Crippen LogP contribution in [0.3, 0.4) is 0 Å². The van der Waals surface area contributed by atoms with Crippen LogP contribution in [-0.2, 0) is 27.4 Å². The minimum Gasteiger partial charge on any atom is -0.479 e. The molecule has 2 aromatic carbocycles. The highest BCUT2D eigenvalue weighted by molar-refractivity contribution is 5.89. The molecule has 6 heteroatoms. The third-order valence-electron chi connectivity index (χ3n) is 5.46. The standard InChI is InChI=1S/C22H24FNO4/c1-16-11-12-24(20(25)13-17-7-9-19(23)10-8-17)22(16,21(26)27)15-28-14-18-5-3-2-4-6-18/h2-10,16H,11-15H2,1H3,(H,26,27). The maximum Gasteiger partial charge on any atom is 0.332 e. The summed E-state index contributed by atoms with van der Waals surface area (Å²) in [6.07, 6.45) is 0.622. The molecular formula is C22H24FNO4. The summed E-state index contributed by atoms with van der Waals surface area (Å²) in [4.78, 5) is 26.6. The largest absolute Gasteiger partial charge is 0.479 e. The van der Waals surface area contributed by atoms with E-state index in [1.807, 2.05) is 37.3 Å². The van der Waals surface area contributed by atoms with E-state index in [2.05, 4.69) is 0 Å². The molecule has 148 valence electrons. The van der Waals surface area contributed by atoms with Crippen molar-refractivity contribution in [1.82, 2.24) is 4.90 Å². The van der Waals surface area contributed by atoms with Crippen LogP contribution in [0.15, 0.2) is 54.6 Å². The maximum atomic E-state index is 13.1. The molecule has 5 nitrogen and oxygen atoms in total. The van der Waals surface area contributed by atoms with Crippen molar-refractivity contribution in [2.45, 2.75) is 31.9 Å². The van der Waals surface area contributed by atoms with E-state index in [1.165, 1.54) is 17.0 Å². The molecule has 1 amide bonds. The molecule has 1 heterocycles. The van der Waals surface area contributed by atoms with Crippen molar-refractivity contribution in [3.63, 3.8) is 0 Å². The van der Waals surface area contributed by atoms with E-state index in [0.29, 0.717) is 18.5 Å². The summed E-state index contributed by atoms with van der Waals surface area (Å²) in [5.74, 6) is -1.96. The number of hydrogen-bond acceptors (Lipinski definition) is 3. The highest BCUT2D eigenvalue weighted by Gasteiger charge is 2.55. The van der Waals surface area contributed by atoms with E-state index in [-0.39, 0.29) is 37.3 Å². The molecule has 28 heavy (non-hydrogen) atoms. The van der Waals surface area contributed by atoms with Gasteiger partial charge in [0, 0.05) is 6.54 Å². The van der Waals surface area contributed by atoms with Crippen molar-refractivity contribution in [3.8, 4) is 0 Å². The first-order chi connectivity index (χ1) is 13.4. The second kappa shape index (κ2) is 8.52. The van der Waals surface area contributed by atoms with Gasteiger partial charge >= 0.3 is 5.97 Å². The van der Waals surface area contributed by atoms with Crippen molar-refractivity contribution in [2.75, 3.05) is 13.2 Å². The smallest absolute Gasteiger partial charge is 0.332 e. The van der Waals surface area contributed by atoms with Crippen LogP contribution < -0.4 is 0 Å². The van der Waals surface area contributed by atoms with E-state index in [9.17, 15) is 19.1 Å². The zero-order valence-electron chi connectivity index (χ0n) is 15.8. The lowest BCUT2D eigenvalue weighted by Crippen LogP contribution is -2.59. The molecule has 3 rings (SSSR count). The van der Waals surface area contributed by atoms with Gasteiger partial charge in [0.2, 0.25) is 5.91 Å². The fourth-order valence-electron chi connectivity index (χ4n) is 3.75. The van der Waals surface area contributed by atoms with Gasteiger partial charge in [0.05, 0.1) is 19.6 Å². The first kappa shape index (κ1) is 20.0. The third-order valence-corrected chi connectivity index (χ3v) is 5.46. The molecule has 2 aromatic rings. The Bertz CT molecular complexity index is 824. The molecule has 0 bridgehead atoms. The minimum atomic E-state index is -1.40. The van der Waals surface area contributed by atoms with Crippen LogP contribution in [0.4, 0.5) is 4.39 Å². The summed E-state index contributed by atoms with van der Waals surface area (Å²) in [5.41, 5.74) is 0.194. The number of carbonyl (C=O) groups excluding carboxylic acids is 1. The number of carboxylic acid groups (broad SMARTS) is 1. The number of aliphatic carboxylic acids is 1. The number of benzene rings is 2. The molecule has 1 aliphatic rings. The first-order valence-electron chi connectivity index (χ1n) is 9.33. The number of carbonyl (C=O) groups is 2. The lowest BCUT2D eigenvalue weighted by Gasteiger charge is -2.37. The highest BCUT2D eigenvalue weighted by atomic mass is 19.1. The van der Waals surface area contributed by atoms with Crippen molar-refractivity contribution in [3.05, 3.63) is 71.5 Å². The summed E-state index contributed by atoms with van der Waals surface area (Å²) in [5, 5.41) is 10.0. The summed E-state index contributed by atoms with van der Waals surface area (Å²) in [6.45, 7) is 2.41. The molecule has 2 atom stereocenters. The van der Waals surface area contributed by atoms with E-state index >= 15 is 0 Å². The van der Waals surface area contributed by atoms with Crippen LogP contribution in [0, 0.1) is 11.7 Å². The van der Waals surface area contributed by atoms with Crippen LogP contribution in [0.2, 0.25) is 0 Å². The van der Waals surface area contributed by atoms with Gasteiger partial charge < -0.3 is 14.7 Å².